The number of rotatable bonds is 7. The van der Waals surface area contributed by atoms with Crippen LogP contribution in [-0.2, 0) is 35.4 Å². The molecule has 1 atom stereocenters. The van der Waals surface area contributed by atoms with Crippen LogP contribution in [0.15, 0.2) is 30.3 Å². The molecule has 7 nitrogen and oxygen atoms in total. The first-order valence-corrected chi connectivity index (χ1v) is 10.7. The third-order valence-electron chi connectivity index (χ3n) is 5.93. The van der Waals surface area contributed by atoms with Crippen LogP contribution in [0.3, 0.4) is 0 Å². The van der Waals surface area contributed by atoms with Crippen LogP contribution in [0.2, 0.25) is 0 Å². The summed E-state index contributed by atoms with van der Waals surface area (Å²) in [7, 11) is 0. The minimum atomic E-state index is -0.256. The first kappa shape index (κ1) is 19.6. The van der Waals surface area contributed by atoms with Crippen LogP contribution >= 0.6 is 0 Å². The van der Waals surface area contributed by atoms with Gasteiger partial charge in [-0.15, -0.1) is 10.2 Å². The molecule has 29 heavy (non-hydrogen) atoms. The van der Waals surface area contributed by atoms with Gasteiger partial charge in [0.2, 0.25) is 11.8 Å². The second-order valence-corrected chi connectivity index (χ2v) is 8.01. The lowest BCUT2D eigenvalue weighted by atomic mass is 10.1. The summed E-state index contributed by atoms with van der Waals surface area (Å²) in [5.74, 6) is 1.81. The van der Waals surface area contributed by atoms with Gasteiger partial charge in [-0.25, -0.2) is 0 Å². The van der Waals surface area contributed by atoms with Gasteiger partial charge in [0.15, 0.2) is 0 Å². The molecule has 1 aromatic carbocycles. The fourth-order valence-electron chi connectivity index (χ4n) is 4.24. The molecule has 154 valence electrons. The monoisotopic (exact) mass is 395 g/mol. The van der Waals surface area contributed by atoms with E-state index in [1.165, 1.54) is 18.4 Å². The number of aryl methyl sites for hydroxylation is 1. The molecular weight excluding hydrogens is 366 g/mol. The fraction of sp³-hybridized carbons (Fsp3) is 0.545. The summed E-state index contributed by atoms with van der Waals surface area (Å²) in [5, 5.41) is 11.6. The first-order valence-electron chi connectivity index (χ1n) is 10.7. The molecule has 3 heterocycles. The Morgan fingerprint density at radius 3 is 2.83 bits per heavy atom. The molecule has 0 spiro atoms. The molecule has 2 aliphatic rings. The van der Waals surface area contributed by atoms with E-state index in [2.05, 4.69) is 32.2 Å². The lowest BCUT2D eigenvalue weighted by Gasteiger charge is -2.16. The number of aromatic nitrogens is 3. The average Bonchev–Trinajstić information content (AvgIpc) is 3.21. The molecule has 2 amide bonds. The molecule has 0 saturated carbocycles. The minimum absolute atomic E-state index is 0.0313. The van der Waals surface area contributed by atoms with Crippen LogP contribution in [0.4, 0.5) is 0 Å². The highest BCUT2D eigenvalue weighted by molar-refractivity contribution is 5.89. The molecule has 2 aliphatic heterocycles. The van der Waals surface area contributed by atoms with E-state index in [4.69, 9.17) is 0 Å². The topological polar surface area (TPSA) is 80.1 Å². The zero-order valence-corrected chi connectivity index (χ0v) is 16.8. The molecule has 1 saturated heterocycles. The van der Waals surface area contributed by atoms with Crippen molar-refractivity contribution in [2.45, 2.75) is 51.5 Å². The van der Waals surface area contributed by atoms with Gasteiger partial charge in [-0.1, -0.05) is 36.8 Å². The number of carbonyl (C=O) groups excluding carboxylic acids is 2. The van der Waals surface area contributed by atoms with Crippen molar-refractivity contribution < 1.29 is 9.59 Å². The van der Waals surface area contributed by atoms with Crippen LogP contribution in [0.5, 0.6) is 0 Å². The van der Waals surface area contributed by atoms with Gasteiger partial charge in [0, 0.05) is 45.4 Å². The van der Waals surface area contributed by atoms with Gasteiger partial charge < -0.3 is 14.8 Å². The molecule has 7 heteroatoms. The van der Waals surface area contributed by atoms with Crippen molar-refractivity contribution in [1.82, 2.24) is 25.0 Å². The number of fused-ring (bicyclic) bond motifs is 1. The molecule has 1 aromatic heterocycles. The largest absolute Gasteiger partial charge is 0.355 e. The molecule has 1 fully saturated rings. The quantitative estimate of drug-likeness (QED) is 0.775. The van der Waals surface area contributed by atoms with Gasteiger partial charge in [-0.3, -0.25) is 9.59 Å². The van der Waals surface area contributed by atoms with Crippen molar-refractivity contribution in [3.8, 4) is 0 Å². The average molecular weight is 396 g/mol. The van der Waals surface area contributed by atoms with E-state index in [1.54, 1.807) is 0 Å². The Morgan fingerprint density at radius 2 is 1.97 bits per heavy atom. The molecular formula is C22H29N5O2. The molecule has 0 aliphatic carbocycles. The molecule has 4 rings (SSSR count). The minimum Gasteiger partial charge on any atom is -0.355 e. The summed E-state index contributed by atoms with van der Waals surface area (Å²) in [5.41, 5.74) is 1.21. The van der Waals surface area contributed by atoms with E-state index >= 15 is 0 Å². The third-order valence-corrected chi connectivity index (χ3v) is 5.93. The molecule has 2 aromatic rings. The van der Waals surface area contributed by atoms with Crippen molar-refractivity contribution in [3.05, 3.63) is 47.5 Å². The number of hydrogen-bond donors (Lipinski definition) is 1. The molecule has 1 N–H and O–H groups in total. The Hall–Kier alpha value is -2.70. The second kappa shape index (κ2) is 9.20. The number of carbonyl (C=O) groups is 2. The predicted octanol–water partition coefficient (Wildman–Crippen LogP) is 1.75. The predicted molar refractivity (Wildman–Crippen MR) is 109 cm³/mol. The maximum Gasteiger partial charge on any atom is 0.225 e. The van der Waals surface area contributed by atoms with Crippen molar-refractivity contribution in [1.29, 1.82) is 0 Å². The van der Waals surface area contributed by atoms with Gasteiger partial charge in [-0.2, -0.15) is 0 Å². The Labute approximate surface area is 171 Å². The summed E-state index contributed by atoms with van der Waals surface area (Å²) < 4.78 is 2.21. The summed E-state index contributed by atoms with van der Waals surface area (Å²) in [6.07, 6.45) is 6.36. The van der Waals surface area contributed by atoms with Crippen molar-refractivity contribution in [2.75, 3.05) is 19.6 Å². The summed E-state index contributed by atoms with van der Waals surface area (Å²) in [6, 6.07) is 10.1. The van der Waals surface area contributed by atoms with E-state index in [0.29, 0.717) is 32.5 Å². The van der Waals surface area contributed by atoms with Crippen molar-refractivity contribution >= 4 is 11.8 Å². The second-order valence-electron chi connectivity index (χ2n) is 8.01. The van der Waals surface area contributed by atoms with Gasteiger partial charge in [0.25, 0.3) is 0 Å². The lowest BCUT2D eigenvalue weighted by Crippen LogP contribution is -2.34. The van der Waals surface area contributed by atoms with Crippen LogP contribution < -0.4 is 5.32 Å². The van der Waals surface area contributed by atoms with Crippen LogP contribution in [0, 0.1) is 5.92 Å². The van der Waals surface area contributed by atoms with Gasteiger partial charge in [0.05, 0.1) is 5.92 Å². The summed E-state index contributed by atoms with van der Waals surface area (Å²) in [4.78, 5) is 26.7. The highest BCUT2D eigenvalue weighted by atomic mass is 16.2. The summed E-state index contributed by atoms with van der Waals surface area (Å²) in [6.45, 7) is 2.68. The SMILES string of the molecule is O=C(NCCc1nnc2n1CCCCC2)C1CC(=O)N(CCc2ccccc2)C1. The van der Waals surface area contributed by atoms with Crippen LogP contribution in [0.1, 0.15) is 42.9 Å². The standard InChI is InChI=1S/C22H29N5O2/c28-21-15-18(16-26(21)14-11-17-7-3-1-4-8-17)22(29)23-12-10-20-25-24-19-9-5-2-6-13-27(19)20/h1,3-4,7-8,18H,2,5-6,9-16H2,(H,23,29). The van der Waals surface area contributed by atoms with Crippen molar-refractivity contribution in [2.24, 2.45) is 5.92 Å². The number of nitrogens with one attached hydrogen (secondary N) is 1. The summed E-state index contributed by atoms with van der Waals surface area (Å²) >= 11 is 0. The number of nitrogens with zero attached hydrogens (tertiary/aromatic N) is 4. The first-order chi connectivity index (χ1) is 14.2. The van der Waals surface area contributed by atoms with Crippen molar-refractivity contribution in [3.63, 3.8) is 0 Å². The maximum absolute atomic E-state index is 12.6. The highest BCUT2D eigenvalue weighted by Gasteiger charge is 2.33. The smallest absolute Gasteiger partial charge is 0.225 e. The van der Waals surface area contributed by atoms with E-state index in [9.17, 15) is 9.59 Å². The number of amides is 2. The molecule has 1 unspecified atom stereocenters. The number of hydrogen-bond acceptors (Lipinski definition) is 4. The van der Waals surface area contributed by atoms with E-state index in [0.717, 1.165) is 37.5 Å². The van der Waals surface area contributed by atoms with Crippen LogP contribution in [-0.4, -0.2) is 51.1 Å². The normalized spacial score (nSPS) is 19.1. The number of likely N-dealkylation sites (tertiary alicyclic amines) is 1. The zero-order valence-electron chi connectivity index (χ0n) is 16.8. The van der Waals surface area contributed by atoms with Gasteiger partial charge in [0.1, 0.15) is 11.6 Å². The van der Waals surface area contributed by atoms with E-state index in [1.807, 2.05) is 23.1 Å². The third kappa shape index (κ3) is 4.83. The maximum atomic E-state index is 12.6. The Balaban J connectivity index is 1.23. The van der Waals surface area contributed by atoms with E-state index < -0.39 is 0 Å². The highest BCUT2D eigenvalue weighted by Crippen LogP contribution is 2.19. The molecule has 0 bridgehead atoms. The fourth-order valence-corrected chi connectivity index (χ4v) is 4.24. The number of benzene rings is 1. The zero-order chi connectivity index (χ0) is 20.1. The molecule has 0 radical (unpaired) electrons. The Bertz CT molecular complexity index is 848. The Kier molecular flexibility index (Phi) is 6.22. The Morgan fingerprint density at radius 1 is 1.10 bits per heavy atom. The van der Waals surface area contributed by atoms with Crippen LogP contribution in [0.25, 0.3) is 0 Å². The lowest BCUT2D eigenvalue weighted by molar-refractivity contribution is -0.129. The van der Waals surface area contributed by atoms with E-state index in [-0.39, 0.29) is 17.7 Å². The van der Waals surface area contributed by atoms with Gasteiger partial charge >= 0.3 is 0 Å². The van der Waals surface area contributed by atoms with Gasteiger partial charge in [-0.05, 0) is 24.8 Å².